The van der Waals surface area contributed by atoms with Crippen LogP contribution in [0, 0.1) is 13.8 Å². The summed E-state index contributed by atoms with van der Waals surface area (Å²) in [6, 6.07) is 10.3. The maximum absolute atomic E-state index is 12.2. The number of aryl methyl sites for hydroxylation is 2. The van der Waals surface area contributed by atoms with Crippen molar-refractivity contribution in [2.75, 3.05) is 6.54 Å². The van der Waals surface area contributed by atoms with E-state index in [1.165, 1.54) is 34.9 Å². The lowest BCUT2D eigenvalue weighted by Gasteiger charge is -2.11. The number of benzene rings is 2. The van der Waals surface area contributed by atoms with Crippen molar-refractivity contribution in [2.45, 2.75) is 20.3 Å². The van der Waals surface area contributed by atoms with Crippen LogP contribution in [-0.4, -0.2) is 35.9 Å². The van der Waals surface area contributed by atoms with Crippen LogP contribution in [-0.2, 0) is 6.42 Å². The van der Waals surface area contributed by atoms with E-state index in [2.05, 4.69) is 5.32 Å². The predicted octanol–water partition coefficient (Wildman–Crippen LogP) is 0.768. The summed E-state index contributed by atoms with van der Waals surface area (Å²) in [6.07, 6.45) is 1.22. The quantitative estimate of drug-likeness (QED) is 0.541. The van der Waals surface area contributed by atoms with E-state index in [9.17, 15) is 19.6 Å². The molecule has 124 valence electrons. The van der Waals surface area contributed by atoms with Crippen molar-refractivity contribution in [3.8, 4) is 0 Å². The first kappa shape index (κ1) is 17.9. The lowest BCUT2D eigenvalue weighted by atomic mass is 9.77. The molecule has 0 aliphatic heterocycles. The topological polar surface area (TPSA) is 86.6 Å². The number of carbonyl (C=O) groups is 2. The molecule has 0 fully saturated rings. The molecule has 0 spiro atoms. The Labute approximate surface area is 141 Å². The van der Waals surface area contributed by atoms with Crippen LogP contribution in [0.3, 0.4) is 0 Å². The number of carbonyl (C=O) groups excluding carboxylic acids is 2. The highest BCUT2D eigenvalue weighted by atomic mass is 16.4. The fourth-order valence-electron chi connectivity index (χ4n) is 2.70. The molecule has 0 atom stereocenters. The van der Waals surface area contributed by atoms with Crippen molar-refractivity contribution in [3.05, 3.63) is 64.2 Å². The Morgan fingerprint density at radius 2 is 1.83 bits per heavy atom. The first-order valence-corrected chi connectivity index (χ1v) is 7.72. The zero-order valence-corrected chi connectivity index (χ0v) is 13.7. The highest BCUT2D eigenvalue weighted by Gasteiger charge is 2.17. The molecule has 24 heavy (non-hydrogen) atoms. The number of hydrogen-bond donors (Lipinski definition) is 3. The van der Waals surface area contributed by atoms with Crippen molar-refractivity contribution < 1.29 is 19.6 Å². The van der Waals surface area contributed by atoms with E-state index in [-0.39, 0.29) is 16.9 Å². The molecular weight excluding hydrogens is 305 g/mol. The number of nitrogens with one attached hydrogen (secondary N) is 1. The molecule has 0 aliphatic carbocycles. The molecule has 0 unspecified atom stereocenters. The fraction of sp³-hybridized carbons (Fsp3) is 0.222. The summed E-state index contributed by atoms with van der Waals surface area (Å²) in [5.41, 5.74) is 4.07. The van der Waals surface area contributed by atoms with Gasteiger partial charge in [0.05, 0.1) is 0 Å². The van der Waals surface area contributed by atoms with E-state index in [1.54, 1.807) is 0 Å². The first-order valence-electron chi connectivity index (χ1n) is 7.72. The highest BCUT2D eigenvalue weighted by molar-refractivity contribution is 6.60. The molecule has 6 heteroatoms. The van der Waals surface area contributed by atoms with Gasteiger partial charge in [-0.15, -0.1) is 0 Å². The van der Waals surface area contributed by atoms with Gasteiger partial charge in [-0.2, -0.15) is 0 Å². The molecule has 5 nitrogen and oxygen atoms in total. The Morgan fingerprint density at radius 3 is 2.42 bits per heavy atom. The molecule has 0 aliphatic rings. The van der Waals surface area contributed by atoms with E-state index in [1.807, 2.05) is 32.0 Å². The molecule has 1 amide bonds. The molecule has 0 saturated carbocycles. The number of aldehydes is 1. The summed E-state index contributed by atoms with van der Waals surface area (Å²) in [6.45, 7) is 4.56. The molecule has 0 heterocycles. The molecule has 2 aromatic carbocycles. The monoisotopic (exact) mass is 325 g/mol. The van der Waals surface area contributed by atoms with Crippen molar-refractivity contribution in [3.63, 3.8) is 0 Å². The number of hydrogen-bond acceptors (Lipinski definition) is 4. The van der Waals surface area contributed by atoms with Crippen LogP contribution in [0.1, 0.15) is 37.4 Å². The minimum absolute atomic E-state index is 0.0806. The van der Waals surface area contributed by atoms with Gasteiger partial charge in [-0.3, -0.25) is 9.59 Å². The fourth-order valence-corrected chi connectivity index (χ4v) is 2.70. The lowest BCUT2D eigenvalue weighted by Crippen LogP contribution is -2.34. The Kier molecular flexibility index (Phi) is 5.90. The molecule has 0 radical (unpaired) electrons. The van der Waals surface area contributed by atoms with Crippen LogP contribution in [0.2, 0.25) is 0 Å². The van der Waals surface area contributed by atoms with Gasteiger partial charge in [0, 0.05) is 17.7 Å². The van der Waals surface area contributed by atoms with Gasteiger partial charge in [0.15, 0.2) is 0 Å². The molecule has 0 bridgehead atoms. The number of rotatable bonds is 6. The normalized spacial score (nSPS) is 10.3. The van der Waals surface area contributed by atoms with E-state index >= 15 is 0 Å². The number of amides is 1. The molecule has 0 aromatic heterocycles. The molecule has 3 N–H and O–H groups in total. The van der Waals surface area contributed by atoms with Gasteiger partial charge >= 0.3 is 7.12 Å². The molecule has 2 aromatic rings. The summed E-state index contributed by atoms with van der Waals surface area (Å²) in [5, 5.41) is 21.2. The second-order valence-electron chi connectivity index (χ2n) is 5.71. The van der Waals surface area contributed by atoms with Gasteiger partial charge < -0.3 is 15.4 Å². The standard InChI is InChI=1S/C18H20BNO4/c1-12-4-3-5-13(2)16(12)8-9-20-18(22)14-6-7-17(19(23)24)15(10-14)11-21/h3-7,10-11,23-24H,8-9H2,1-2H3,(H,20,22). The third-order valence-electron chi connectivity index (χ3n) is 4.06. The van der Waals surface area contributed by atoms with E-state index < -0.39 is 7.12 Å². The van der Waals surface area contributed by atoms with Crippen LogP contribution >= 0.6 is 0 Å². The van der Waals surface area contributed by atoms with Crippen LogP contribution in [0.25, 0.3) is 0 Å². The summed E-state index contributed by atoms with van der Waals surface area (Å²) in [7, 11) is -1.74. The van der Waals surface area contributed by atoms with E-state index in [0.717, 1.165) is 6.42 Å². The third kappa shape index (κ3) is 4.10. The van der Waals surface area contributed by atoms with Crippen molar-refractivity contribution in [1.82, 2.24) is 5.32 Å². The summed E-state index contributed by atoms with van der Waals surface area (Å²) in [5.74, 6) is -0.302. The second kappa shape index (κ2) is 7.90. The Bertz CT molecular complexity index is 738. The van der Waals surface area contributed by atoms with Crippen LogP contribution in [0.15, 0.2) is 36.4 Å². The zero-order valence-electron chi connectivity index (χ0n) is 13.7. The molecule has 2 rings (SSSR count). The smallest absolute Gasteiger partial charge is 0.423 e. The lowest BCUT2D eigenvalue weighted by molar-refractivity contribution is 0.0954. The van der Waals surface area contributed by atoms with Gasteiger partial charge in [-0.25, -0.2) is 0 Å². The predicted molar refractivity (Wildman–Crippen MR) is 93.6 cm³/mol. The first-order chi connectivity index (χ1) is 11.4. The Morgan fingerprint density at radius 1 is 1.17 bits per heavy atom. The van der Waals surface area contributed by atoms with Gasteiger partial charge in [-0.1, -0.05) is 24.3 Å². The SMILES string of the molecule is Cc1cccc(C)c1CCNC(=O)c1ccc(B(O)O)c(C=O)c1. The summed E-state index contributed by atoms with van der Waals surface area (Å²) >= 11 is 0. The van der Waals surface area contributed by atoms with E-state index in [4.69, 9.17) is 0 Å². The van der Waals surface area contributed by atoms with E-state index in [0.29, 0.717) is 18.4 Å². The third-order valence-corrected chi connectivity index (χ3v) is 4.06. The Hall–Kier alpha value is -2.44. The minimum Gasteiger partial charge on any atom is -0.423 e. The van der Waals surface area contributed by atoms with Gasteiger partial charge in [0.25, 0.3) is 5.91 Å². The largest absolute Gasteiger partial charge is 0.489 e. The van der Waals surface area contributed by atoms with Crippen molar-refractivity contribution in [2.24, 2.45) is 0 Å². The van der Waals surface area contributed by atoms with Crippen LogP contribution < -0.4 is 10.8 Å². The maximum atomic E-state index is 12.2. The van der Waals surface area contributed by atoms with Crippen LogP contribution in [0.4, 0.5) is 0 Å². The minimum atomic E-state index is -1.74. The Balaban J connectivity index is 2.04. The molecule has 0 saturated heterocycles. The van der Waals surface area contributed by atoms with Gasteiger partial charge in [-0.05, 0) is 54.6 Å². The van der Waals surface area contributed by atoms with Crippen LogP contribution in [0.5, 0.6) is 0 Å². The average Bonchev–Trinajstić information content (AvgIpc) is 2.56. The second-order valence-corrected chi connectivity index (χ2v) is 5.71. The van der Waals surface area contributed by atoms with Crippen molar-refractivity contribution in [1.29, 1.82) is 0 Å². The zero-order chi connectivity index (χ0) is 17.7. The summed E-state index contributed by atoms with van der Waals surface area (Å²) in [4.78, 5) is 23.2. The maximum Gasteiger partial charge on any atom is 0.489 e. The average molecular weight is 325 g/mol. The molecular formula is C18H20BNO4. The highest BCUT2D eigenvalue weighted by Crippen LogP contribution is 2.13. The van der Waals surface area contributed by atoms with Gasteiger partial charge in [0.1, 0.15) is 6.29 Å². The van der Waals surface area contributed by atoms with Gasteiger partial charge in [0.2, 0.25) is 0 Å². The summed E-state index contributed by atoms with van der Waals surface area (Å²) < 4.78 is 0. The van der Waals surface area contributed by atoms with Crippen molar-refractivity contribution >= 4 is 24.8 Å².